The molecule has 6 heteroatoms. The third-order valence-electron chi connectivity index (χ3n) is 2.30. The van der Waals surface area contributed by atoms with E-state index in [2.05, 4.69) is 10.2 Å². The summed E-state index contributed by atoms with van der Waals surface area (Å²) >= 11 is 4.89. The van der Waals surface area contributed by atoms with Gasteiger partial charge < -0.3 is 10.5 Å². The molecule has 0 bridgehead atoms. The minimum absolute atomic E-state index is 0.166. The van der Waals surface area contributed by atoms with Gasteiger partial charge in [0.2, 0.25) is 5.88 Å². The highest BCUT2D eigenvalue weighted by Crippen LogP contribution is 2.25. The SMILES string of the molecule is Cc1cc(F)ccc1Oc1nnccc1C(N)=S. The quantitative estimate of drug-likeness (QED) is 0.861. The summed E-state index contributed by atoms with van der Waals surface area (Å²) in [5.74, 6) is 0.364. The van der Waals surface area contributed by atoms with Gasteiger partial charge in [0, 0.05) is 0 Å². The summed E-state index contributed by atoms with van der Waals surface area (Å²) in [5, 5.41) is 7.53. The van der Waals surface area contributed by atoms with E-state index in [0.29, 0.717) is 16.9 Å². The number of nitrogens with two attached hydrogens (primary N) is 1. The van der Waals surface area contributed by atoms with Gasteiger partial charge in [-0.05, 0) is 36.8 Å². The smallest absolute Gasteiger partial charge is 0.249 e. The molecule has 0 saturated heterocycles. The van der Waals surface area contributed by atoms with E-state index in [1.54, 1.807) is 13.0 Å². The molecule has 0 aliphatic heterocycles. The van der Waals surface area contributed by atoms with Crippen LogP contribution < -0.4 is 10.5 Å². The van der Waals surface area contributed by atoms with Crippen molar-refractivity contribution in [3.8, 4) is 11.6 Å². The van der Waals surface area contributed by atoms with Crippen LogP contribution in [0.1, 0.15) is 11.1 Å². The average Bonchev–Trinajstić information content (AvgIpc) is 2.33. The first kappa shape index (κ1) is 12.4. The van der Waals surface area contributed by atoms with Crippen LogP contribution in [0.25, 0.3) is 0 Å². The van der Waals surface area contributed by atoms with Crippen molar-refractivity contribution in [1.29, 1.82) is 0 Å². The second-order valence-corrected chi connectivity index (χ2v) is 4.07. The lowest BCUT2D eigenvalue weighted by atomic mass is 10.2. The van der Waals surface area contributed by atoms with Gasteiger partial charge in [-0.3, -0.25) is 0 Å². The minimum atomic E-state index is -0.325. The van der Waals surface area contributed by atoms with Crippen molar-refractivity contribution in [2.75, 3.05) is 0 Å². The molecule has 1 heterocycles. The van der Waals surface area contributed by atoms with Crippen LogP contribution in [0.4, 0.5) is 4.39 Å². The third-order valence-corrected chi connectivity index (χ3v) is 2.52. The topological polar surface area (TPSA) is 61.0 Å². The molecule has 2 N–H and O–H groups in total. The molecular weight excluding hydrogens is 253 g/mol. The minimum Gasteiger partial charge on any atom is -0.437 e. The number of rotatable bonds is 3. The first-order chi connectivity index (χ1) is 8.58. The molecule has 4 nitrogen and oxygen atoms in total. The molecule has 0 amide bonds. The van der Waals surface area contributed by atoms with Gasteiger partial charge in [-0.2, -0.15) is 5.10 Å². The Labute approximate surface area is 109 Å². The first-order valence-electron chi connectivity index (χ1n) is 5.13. The Morgan fingerprint density at radius 3 is 2.83 bits per heavy atom. The summed E-state index contributed by atoms with van der Waals surface area (Å²) in [6, 6.07) is 5.80. The van der Waals surface area contributed by atoms with E-state index in [1.807, 2.05) is 0 Å². The number of ether oxygens (including phenoxy) is 1. The number of benzene rings is 1. The van der Waals surface area contributed by atoms with Gasteiger partial charge in [-0.25, -0.2) is 4.39 Å². The van der Waals surface area contributed by atoms with Crippen molar-refractivity contribution >= 4 is 17.2 Å². The molecule has 0 spiro atoms. The van der Waals surface area contributed by atoms with Crippen LogP contribution in [0.5, 0.6) is 11.6 Å². The normalized spacial score (nSPS) is 10.1. The molecule has 0 unspecified atom stereocenters. The lowest BCUT2D eigenvalue weighted by Gasteiger charge is -2.09. The average molecular weight is 263 g/mol. The van der Waals surface area contributed by atoms with E-state index in [1.165, 1.54) is 24.4 Å². The lowest BCUT2D eigenvalue weighted by Crippen LogP contribution is -2.12. The Bertz CT molecular complexity index is 604. The van der Waals surface area contributed by atoms with Crippen molar-refractivity contribution in [3.63, 3.8) is 0 Å². The number of halogens is 1. The first-order valence-corrected chi connectivity index (χ1v) is 5.54. The molecular formula is C12H10FN3OS. The summed E-state index contributed by atoms with van der Waals surface area (Å²) in [5.41, 5.74) is 6.69. The maximum atomic E-state index is 13.0. The molecule has 18 heavy (non-hydrogen) atoms. The molecule has 2 aromatic rings. The van der Waals surface area contributed by atoms with Gasteiger partial charge in [-0.15, -0.1) is 5.10 Å². The standard InChI is InChI=1S/C12H10FN3OS/c1-7-6-8(13)2-3-10(7)17-12-9(11(14)18)4-5-15-16-12/h2-6H,1H3,(H2,14,18). The number of nitrogens with zero attached hydrogens (tertiary/aromatic N) is 2. The van der Waals surface area contributed by atoms with Crippen LogP contribution in [0.3, 0.4) is 0 Å². The lowest BCUT2D eigenvalue weighted by molar-refractivity contribution is 0.449. The Kier molecular flexibility index (Phi) is 3.47. The fraction of sp³-hybridized carbons (Fsp3) is 0.0833. The molecule has 92 valence electrons. The van der Waals surface area contributed by atoms with E-state index in [-0.39, 0.29) is 16.7 Å². The Morgan fingerprint density at radius 1 is 1.39 bits per heavy atom. The fourth-order valence-electron chi connectivity index (χ4n) is 1.41. The number of hydrogen-bond donors (Lipinski definition) is 1. The van der Waals surface area contributed by atoms with E-state index in [9.17, 15) is 4.39 Å². The summed E-state index contributed by atoms with van der Waals surface area (Å²) < 4.78 is 18.5. The van der Waals surface area contributed by atoms with E-state index in [0.717, 1.165) is 0 Å². The number of thiocarbonyl (C=S) groups is 1. The Balaban J connectivity index is 2.37. The Morgan fingerprint density at radius 2 is 2.17 bits per heavy atom. The monoisotopic (exact) mass is 263 g/mol. The maximum Gasteiger partial charge on any atom is 0.249 e. The van der Waals surface area contributed by atoms with Gasteiger partial charge in [-0.1, -0.05) is 12.2 Å². The van der Waals surface area contributed by atoms with Crippen LogP contribution in [0.15, 0.2) is 30.5 Å². The van der Waals surface area contributed by atoms with Crippen molar-refractivity contribution in [2.45, 2.75) is 6.92 Å². The summed E-state index contributed by atoms with van der Waals surface area (Å²) in [7, 11) is 0. The molecule has 0 radical (unpaired) electrons. The zero-order chi connectivity index (χ0) is 13.1. The van der Waals surface area contributed by atoms with Crippen LogP contribution in [-0.4, -0.2) is 15.2 Å². The highest BCUT2D eigenvalue weighted by atomic mass is 32.1. The summed E-state index contributed by atoms with van der Waals surface area (Å²) in [4.78, 5) is 0.166. The predicted octanol–water partition coefficient (Wildman–Crippen LogP) is 2.35. The van der Waals surface area contributed by atoms with Gasteiger partial charge in [0.1, 0.15) is 16.6 Å². The second-order valence-electron chi connectivity index (χ2n) is 3.63. The molecule has 1 aromatic heterocycles. The number of aromatic nitrogens is 2. The van der Waals surface area contributed by atoms with Crippen LogP contribution >= 0.6 is 12.2 Å². The highest BCUT2D eigenvalue weighted by molar-refractivity contribution is 7.80. The zero-order valence-electron chi connectivity index (χ0n) is 9.55. The molecule has 0 saturated carbocycles. The number of hydrogen-bond acceptors (Lipinski definition) is 4. The van der Waals surface area contributed by atoms with Gasteiger partial charge >= 0.3 is 0 Å². The molecule has 0 aliphatic rings. The second kappa shape index (κ2) is 5.05. The van der Waals surface area contributed by atoms with Crippen molar-refractivity contribution < 1.29 is 9.13 Å². The third kappa shape index (κ3) is 2.60. The Hall–Kier alpha value is -2.08. The zero-order valence-corrected chi connectivity index (χ0v) is 10.4. The van der Waals surface area contributed by atoms with Gasteiger partial charge in [0.05, 0.1) is 11.8 Å². The van der Waals surface area contributed by atoms with Gasteiger partial charge in [0.15, 0.2) is 0 Å². The number of aryl methyl sites for hydroxylation is 1. The van der Waals surface area contributed by atoms with Crippen LogP contribution in [-0.2, 0) is 0 Å². The van der Waals surface area contributed by atoms with E-state index < -0.39 is 0 Å². The molecule has 1 aromatic carbocycles. The molecule has 0 aliphatic carbocycles. The van der Waals surface area contributed by atoms with Gasteiger partial charge in [0.25, 0.3) is 0 Å². The summed E-state index contributed by atoms with van der Waals surface area (Å²) in [6.07, 6.45) is 1.47. The predicted molar refractivity (Wildman–Crippen MR) is 69.1 cm³/mol. The van der Waals surface area contributed by atoms with Crippen LogP contribution in [0, 0.1) is 12.7 Å². The highest BCUT2D eigenvalue weighted by Gasteiger charge is 2.10. The van der Waals surface area contributed by atoms with E-state index >= 15 is 0 Å². The molecule has 0 atom stereocenters. The molecule has 0 fully saturated rings. The van der Waals surface area contributed by atoms with Crippen molar-refractivity contribution in [2.24, 2.45) is 5.73 Å². The largest absolute Gasteiger partial charge is 0.437 e. The summed E-state index contributed by atoms with van der Waals surface area (Å²) in [6.45, 7) is 1.73. The maximum absolute atomic E-state index is 13.0. The fourth-order valence-corrected chi connectivity index (χ4v) is 1.57. The molecule has 2 rings (SSSR count). The van der Waals surface area contributed by atoms with E-state index in [4.69, 9.17) is 22.7 Å². The van der Waals surface area contributed by atoms with Crippen molar-refractivity contribution in [1.82, 2.24) is 10.2 Å². The van der Waals surface area contributed by atoms with Crippen LogP contribution in [0.2, 0.25) is 0 Å². The van der Waals surface area contributed by atoms with Crippen molar-refractivity contribution in [3.05, 3.63) is 47.4 Å².